The lowest BCUT2D eigenvalue weighted by atomic mass is 9.99. The Balaban J connectivity index is 2.20. The number of unbranched alkanes of at least 4 members (excludes halogenated alkanes) is 4. The predicted octanol–water partition coefficient (Wildman–Crippen LogP) is 4.14. The number of rotatable bonds is 7. The molecule has 17 heavy (non-hydrogen) atoms. The average Bonchev–Trinajstić information content (AvgIpc) is 2.38. The number of carbonyl (C=O) groups is 1. The van der Waals surface area contributed by atoms with Gasteiger partial charge in [0.1, 0.15) is 0 Å². The van der Waals surface area contributed by atoms with Crippen LogP contribution in [0, 0.1) is 0 Å². The first kappa shape index (κ1) is 14.5. The molecule has 0 aromatic rings. The summed E-state index contributed by atoms with van der Waals surface area (Å²) in [6.07, 6.45) is 11.8. The monoisotopic (exact) mass is 239 g/mol. The van der Waals surface area contributed by atoms with E-state index < -0.39 is 0 Å². The van der Waals surface area contributed by atoms with Crippen molar-refractivity contribution in [2.24, 2.45) is 0 Å². The van der Waals surface area contributed by atoms with E-state index in [2.05, 4.69) is 18.7 Å². The van der Waals surface area contributed by atoms with Crippen LogP contribution in [0.3, 0.4) is 0 Å². The second-order valence-corrected chi connectivity index (χ2v) is 5.31. The van der Waals surface area contributed by atoms with E-state index in [4.69, 9.17) is 0 Å². The molecule has 1 rings (SSSR count). The van der Waals surface area contributed by atoms with Crippen molar-refractivity contribution in [3.05, 3.63) is 0 Å². The molecule has 2 nitrogen and oxygen atoms in total. The predicted molar refractivity (Wildman–Crippen MR) is 73.0 cm³/mol. The Morgan fingerprint density at radius 3 is 2.59 bits per heavy atom. The van der Waals surface area contributed by atoms with Gasteiger partial charge >= 0.3 is 0 Å². The fraction of sp³-hybridized carbons (Fsp3) is 0.933. The normalized spacial score (nSPS) is 20.6. The molecule has 0 aromatic carbocycles. The number of amides is 1. The molecule has 0 radical (unpaired) electrons. The highest BCUT2D eigenvalue weighted by atomic mass is 16.2. The number of piperidine rings is 1. The molecule has 2 heteroatoms. The van der Waals surface area contributed by atoms with Gasteiger partial charge in [0.25, 0.3) is 0 Å². The van der Waals surface area contributed by atoms with Crippen molar-refractivity contribution in [1.82, 2.24) is 4.90 Å². The summed E-state index contributed by atoms with van der Waals surface area (Å²) >= 11 is 0. The molecule has 100 valence electrons. The maximum Gasteiger partial charge on any atom is 0.222 e. The SMILES string of the molecule is CCCCCCCC(=O)N1CCCC[C@@H]1CC. The molecule has 1 saturated heterocycles. The third kappa shape index (κ3) is 5.10. The molecule has 0 aromatic heterocycles. The van der Waals surface area contributed by atoms with Gasteiger partial charge in [-0.05, 0) is 32.1 Å². The largest absolute Gasteiger partial charge is 0.340 e. The molecule has 1 aliphatic rings. The second kappa shape index (κ2) is 8.54. The molecule has 1 amide bonds. The zero-order chi connectivity index (χ0) is 12.5. The van der Waals surface area contributed by atoms with E-state index in [-0.39, 0.29) is 0 Å². The summed E-state index contributed by atoms with van der Waals surface area (Å²) in [4.78, 5) is 14.3. The van der Waals surface area contributed by atoms with Gasteiger partial charge in [-0.2, -0.15) is 0 Å². The lowest BCUT2D eigenvalue weighted by Gasteiger charge is -2.35. The fourth-order valence-corrected chi connectivity index (χ4v) is 2.78. The summed E-state index contributed by atoms with van der Waals surface area (Å²) in [6.45, 7) is 5.44. The second-order valence-electron chi connectivity index (χ2n) is 5.31. The Morgan fingerprint density at radius 2 is 1.88 bits per heavy atom. The molecule has 1 heterocycles. The van der Waals surface area contributed by atoms with E-state index in [1.165, 1.54) is 44.9 Å². The number of nitrogens with zero attached hydrogens (tertiary/aromatic N) is 1. The van der Waals surface area contributed by atoms with Crippen LogP contribution in [0.25, 0.3) is 0 Å². The Labute approximate surface area is 107 Å². The summed E-state index contributed by atoms with van der Waals surface area (Å²) in [6, 6.07) is 0.534. The van der Waals surface area contributed by atoms with Gasteiger partial charge < -0.3 is 4.90 Å². The first-order valence-corrected chi connectivity index (χ1v) is 7.59. The number of carbonyl (C=O) groups excluding carboxylic acids is 1. The van der Waals surface area contributed by atoms with Crippen LogP contribution in [0.5, 0.6) is 0 Å². The standard InChI is InChI=1S/C15H29NO/c1-3-5-6-7-8-12-15(17)16-13-10-9-11-14(16)4-2/h14H,3-13H2,1-2H3/t14-/m0/s1. The van der Waals surface area contributed by atoms with Crippen molar-refractivity contribution in [2.45, 2.75) is 84.1 Å². The van der Waals surface area contributed by atoms with Gasteiger partial charge in [-0.25, -0.2) is 0 Å². The lowest BCUT2D eigenvalue weighted by molar-refractivity contribution is -0.135. The number of likely N-dealkylation sites (tertiary alicyclic amines) is 1. The molecule has 0 bridgehead atoms. The van der Waals surface area contributed by atoms with Crippen molar-refractivity contribution in [3.63, 3.8) is 0 Å². The van der Waals surface area contributed by atoms with E-state index in [1.807, 2.05) is 0 Å². The Morgan fingerprint density at radius 1 is 1.12 bits per heavy atom. The number of hydrogen-bond acceptors (Lipinski definition) is 1. The van der Waals surface area contributed by atoms with Gasteiger partial charge in [0.15, 0.2) is 0 Å². The molecule has 1 fully saturated rings. The van der Waals surface area contributed by atoms with Crippen LogP contribution in [-0.2, 0) is 4.79 Å². The van der Waals surface area contributed by atoms with Crippen molar-refractivity contribution in [2.75, 3.05) is 6.54 Å². The van der Waals surface area contributed by atoms with E-state index >= 15 is 0 Å². The van der Waals surface area contributed by atoms with Crippen LogP contribution in [0.15, 0.2) is 0 Å². The van der Waals surface area contributed by atoms with Crippen LogP contribution in [-0.4, -0.2) is 23.4 Å². The third-order valence-corrected chi connectivity index (χ3v) is 3.91. The highest BCUT2D eigenvalue weighted by Gasteiger charge is 2.24. The third-order valence-electron chi connectivity index (χ3n) is 3.91. The summed E-state index contributed by atoms with van der Waals surface area (Å²) in [5, 5.41) is 0. The minimum absolute atomic E-state index is 0.410. The van der Waals surface area contributed by atoms with Gasteiger partial charge in [0.05, 0.1) is 0 Å². The van der Waals surface area contributed by atoms with Gasteiger partial charge in [-0.15, -0.1) is 0 Å². The first-order valence-electron chi connectivity index (χ1n) is 7.59. The minimum atomic E-state index is 0.410. The smallest absolute Gasteiger partial charge is 0.222 e. The number of hydrogen-bond donors (Lipinski definition) is 0. The molecule has 0 N–H and O–H groups in total. The molecule has 1 atom stereocenters. The highest BCUT2D eigenvalue weighted by Crippen LogP contribution is 2.21. The minimum Gasteiger partial charge on any atom is -0.340 e. The quantitative estimate of drug-likeness (QED) is 0.611. The zero-order valence-electron chi connectivity index (χ0n) is 11.7. The van der Waals surface area contributed by atoms with E-state index in [1.54, 1.807) is 0 Å². The van der Waals surface area contributed by atoms with Crippen molar-refractivity contribution in [3.8, 4) is 0 Å². The Kier molecular flexibility index (Phi) is 7.30. The van der Waals surface area contributed by atoms with Crippen molar-refractivity contribution >= 4 is 5.91 Å². The van der Waals surface area contributed by atoms with Crippen LogP contribution < -0.4 is 0 Å². The van der Waals surface area contributed by atoms with Crippen LogP contribution in [0.2, 0.25) is 0 Å². The zero-order valence-corrected chi connectivity index (χ0v) is 11.7. The topological polar surface area (TPSA) is 20.3 Å². The van der Waals surface area contributed by atoms with Crippen molar-refractivity contribution < 1.29 is 4.79 Å². The maximum atomic E-state index is 12.1. The van der Waals surface area contributed by atoms with Crippen LogP contribution in [0.4, 0.5) is 0 Å². The maximum absolute atomic E-state index is 12.1. The van der Waals surface area contributed by atoms with Gasteiger partial charge in [-0.1, -0.05) is 39.5 Å². The molecule has 0 unspecified atom stereocenters. The fourth-order valence-electron chi connectivity index (χ4n) is 2.78. The van der Waals surface area contributed by atoms with Crippen LogP contribution in [0.1, 0.15) is 78.1 Å². The average molecular weight is 239 g/mol. The summed E-state index contributed by atoms with van der Waals surface area (Å²) in [5.41, 5.74) is 0. The molecular formula is C15H29NO. The van der Waals surface area contributed by atoms with Gasteiger partial charge in [0.2, 0.25) is 5.91 Å². The molecule has 0 aliphatic carbocycles. The molecule has 0 saturated carbocycles. The molecule has 0 spiro atoms. The van der Waals surface area contributed by atoms with E-state index in [9.17, 15) is 4.79 Å². The molecular weight excluding hydrogens is 210 g/mol. The molecule has 1 aliphatic heterocycles. The lowest BCUT2D eigenvalue weighted by Crippen LogP contribution is -2.43. The summed E-state index contributed by atoms with van der Waals surface area (Å²) in [7, 11) is 0. The van der Waals surface area contributed by atoms with Crippen LogP contribution >= 0.6 is 0 Å². The van der Waals surface area contributed by atoms with Gasteiger partial charge in [-0.3, -0.25) is 4.79 Å². The van der Waals surface area contributed by atoms with Crippen molar-refractivity contribution in [1.29, 1.82) is 0 Å². The summed E-state index contributed by atoms with van der Waals surface area (Å²) in [5.74, 6) is 0.410. The highest BCUT2D eigenvalue weighted by molar-refractivity contribution is 5.76. The van der Waals surface area contributed by atoms with E-state index in [0.29, 0.717) is 11.9 Å². The Bertz CT molecular complexity index is 215. The summed E-state index contributed by atoms with van der Waals surface area (Å²) < 4.78 is 0. The van der Waals surface area contributed by atoms with E-state index in [0.717, 1.165) is 25.8 Å². The van der Waals surface area contributed by atoms with Gasteiger partial charge in [0, 0.05) is 19.0 Å². The Hall–Kier alpha value is -0.530. The first-order chi connectivity index (χ1) is 8.29.